The molecule has 2 aliphatic rings. The molecule has 35 heavy (non-hydrogen) atoms. The molecular weight excluding hydrogens is 440 g/mol. The Hall–Kier alpha value is -4.12. The van der Waals surface area contributed by atoms with Gasteiger partial charge in [0, 0.05) is 34.4 Å². The molecule has 0 radical (unpaired) electrons. The molecule has 0 bridgehead atoms. The molecule has 0 aromatic heterocycles. The Kier molecular flexibility index (Phi) is 4.55. The molecule has 4 aromatic rings. The number of fused-ring (bicyclic) bond motifs is 7. The van der Waals surface area contributed by atoms with Crippen molar-refractivity contribution < 1.29 is 24.2 Å². The van der Waals surface area contributed by atoms with Crippen molar-refractivity contribution in [2.75, 3.05) is 0 Å². The van der Waals surface area contributed by atoms with Gasteiger partial charge in [-0.05, 0) is 23.6 Å². The fourth-order valence-corrected chi connectivity index (χ4v) is 5.86. The van der Waals surface area contributed by atoms with Crippen LogP contribution < -0.4 is 4.74 Å². The number of benzene rings is 4. The lowest BCUT2D eigenvalue weighted by atomic mass is 9.68. The molecule has 1 N–H and O–H groups in total. The number of rotatable bonds is 4. The summed E-state index contributed by atoms with van der Waals surface area (Å²) in [5.41, 5.74) is 1.70. The van der Waals surface area contributed by atoms with Crippen LogP contribution in [0.15, 0.2) is 78.9 Å². The summed E-state index contributed by atoms with van der Waals surface area (Å²) in [5, 5.41) is 12.3. The molecule has 2 atom stereocenters. The zero-order chi connectivity index (χ0) is 24.4. The van der Waals surface area contributed by atoms with Crippen molar-refractivity contribution in [3.63, 3.8) is 0 Å². The third-order valence-corrected chi connectivity index (χ3v) is 7.20. The van der Waals surface area contributed by atoms with E-state index in [1.165, 1.54) is 6.92 Å². The lowest BCUT2D eigenvalue weighted by molar-refractivity contribution is -0.205. The van der Waals surface area contributed by atoms with Crippen LogP contribution in [0.5, 0.6) is 11.5 Å². The molecule has 5 nitrogen and oxygen atoms in total. The molecule has 5 heteroatoms. The third kappa shape index (κ3) is 2.64. The minimum Gasteiger partial charge on any atom is -0.507 e. The number of hydrogen-bond acceptors (Lipinski definition) is 5. The van der Waals surface area contributed by atoms with Crippen LogP contribution in [0.3, 0.4) is 0 Å². The van der Waals surface area contributed by atoms with Gasteiger partial charge in [0.05, 0.1) is 0 Å². The molecule has 1 aliphatic heterocycles. The molecule has 6 rings (SSSR count). The first-order valence-corrected chi connectivity index (χ1v) is 11.8. The van der Waals surface area contributed by atoms with Crippen molar-refractivity contribution in [1.29, 1.82) is 0 Å². The van der Waals surface area contributed by atoms with E-state index >= 15 is 0 Å². The molecule has 1 heterocycles. The van der Waals surface area contributed by atoms with E-state index in [0.29, 0.717) is 38.8 Å². The largest absolute Gasteiger partial charge is 0.507 e. The molecule has 174 valence electrons. The van der Waals surface area contributed by atoms with E-state index in [1.54, 1.807) is 36.4 Å². The van der Waals surface area contributed by atoms with Gasteiger partial charge in [-0.2, -0.15) is 0 Å². The van der Waals surface area contributed by atoms with Crippen LogP contribution in [0.2, 0.25) is 0 Å². The lowest BCUT2D eigenvalue weighted by Crippen LogP contribution is -2.52. The molecule has 1 aliphatic carbocycles. The molecule has 0 amide bonds. The van der Waals surface area contributed by atoms with Gasteiger partial charge >= 0.3 is 11.8 Å². The highest BCUT2D eigenvalue weighted by atomic mass is 16.7. The highest BCUT2D eigenvalue weighted by Crippen LogP contribution is 2.65. The summed E-state index contributed by atoms with van der Waals surface area (Å²) in [6.07, 6.45) is 1.91. The van der Waals surface area contributed by atoms with E-state index in [-0.39, 0.29) is 11.5 Å². The van der Waals surface area contributed by atoms with Gasteiger partial charge in [-0.15, -0.1) is 0 Å². The average molecular weight is 465 g/mol. The highest BCUT2D eigenvalue weighted by molar-refractivity contribution is 6.15. The maximum Gasteiger partial charge on any atom is 0.306 e. The van der Waals surface area contributed by atoms with Gasteiger partial charge in [0.1, 0.15) is 11.5 Å². The fourth-order valence-electron chi connectivity index (χ4n) is 5.86. The number of esters is 1. The predicted octanol–water partition coefficient (Wildman–Crippen LogP) is 5.79. The van der Waals surface area contributed by atoms with Gasteiger partial charge in [0.25, 0.3) is 0 Å². The highest BCUT2D eigenvalue weighted by Gasteiger charge is 2.74. The van der Waals surface area contributed by atoms with Crippen LogP contribution in [-0.2, 0) is 27.2 Å². The predicted molar refractivity (Wildman–Crippen MR) is 132 cm³/mol. The van der Waals surface area contributed by atoms with E-state index in [4.69, 9.17) is 9.47 Å². The number of carbonyl (C=O) groups is 2. The molecule has 0 spiro atoms. The Morgan fingerprint density at radius 1 is 0.943 bits per heavy atom. The standard InChI is InChI=1S/C30H24O5/c1-3-8-19-13-15-20(16-14-19)29-25-17-26(32)21-9-4-5-10-22(21)27(25)35-30(29,34-18(2)31)24-12-7-6-11-23(24)28(29)33/h4-7,9-17,32H,3,8H2,1-2H3. The average Bonchev–Trinajstić information content (AvgIpc) is 3.25. The zero-order valence-corrected chi connectivity index (χ0v) is 19.5. The van der Waals surface area contributed by atoms with E-state index < -0.39 is 17.2 Å². The summed E-state index contributed by atoms with van der Waals surface area (Å²) in [6.45, 7) is 3.43. The molecule has 4 aromatic carbocycles. The molecule has 0 fully saturated rings. The number of carbonyl (C=O) groups excluding carboxylic acids is 2. The summed E-state index contributed by atoms with van der Waals surface area (Å²) in [5.74, 6) is -2.07. The monoisotopic (exact) mass is 464 g/mol. The minimum atomic E-state index is -1.74. The second-order valence-corrected chi connectivity index (χ2v) is 9.20. The van der Waals surface area contributed by atoms with E-state index in [2.05, 4.69) is 6.92 Å². The first-order valence-electron chi connectivity index (χ1n) is 11.8. The van der Waals surface area contributed by atoms with Crippen LogP contribution in [0.1, 0.15) is 52.9 Å². The third-order valence-electron chi connectivity index (χ3n) is 7.20. The smallest absolute Gasteiger partial charge is 0.306 e. The Bertz CT molecular complexity index is 1520. The Morgan fingerprint density at radius 3 is 2.34 bits per heavy atom. The van der Waals surface area contributed by atoms with E-state index in [1.807, 2.05) is 42.5 Å². The maximum atomic E-state index is 14.5. The SMILES string of the molecule is CCCc1ccc(C23C(=O)c4ccccc4C2(OC(C)=O)Oc2c3cc(O)c3ccccc23)cc1. The van der Waals surface area contributed by atoms with Gasteiger partial charge in [-0.1, -0.05) is 86.1 Å². The van der Waals surface area contributed by atoms with Gasteiger partial charge in [0.15, 0.2) is 11.2 Å². The second-order valence-electron chi connectivity index (χ2n) is 9.20. The van der Waals surface area contributed by atoms with Crippen LogP contribution >= 0.6 is 0 Å². The maximum absolute atomic E-state index is 14.5. The fraction of sp³-hybridized carbons (Fsp3) is 0.200. The number of phenolic OH excluding ortho intramolecular Hbond substituents is 1. The second kappa shape index (κ2) is 7.44. The Morgan fingerprint density at radius 2 is 1.63 bits per heavy atom. The topological polar surface area (TPSA) is 72.8 Å². The Balaban J connectivity index is 1.76. The van der Waals surface area contributed by atoms with Crippen LogP contribution in [0, 0.1) is 0 Å². The van der Waals surface area contributed by atoms with Crippen LogP contribution in [-0.4, -0.2) is 16.9 Å². The van der Waals surface area contributed by atoms with Crippen molar-refractivity contribution in [3.8, 4) is 11.5 Å². The van der Waals surface area contributed by atoms with Crippen molar-refractivity contribution in [1.82, 2.24) is 0 Å². The normalized spacial score (nSPS) is 21.8. The summed E-state index contributed by atoms with van der Waals surface area (Å²) >= 11 is 0. The van der Waals surface area contributed by atoms with Gasteiger partial charge in [0.2, 0.25) is 0 Å². The molecule has 0 saturated carbocycles. The first kappa shape index (κ1) is 21.4. The van der Waals surface area contributed by atoms with Crippen molar-refractivity contribution in [2.45, 2.75) is 37.9 Å². The summed E-state index contributed by atoms with van der Waals surface area (Å²) < 4.78 is 12.7. The summed E-state index contributed by atoms with van der Waals surface area (Å²) in [4.78, 5) is 27.0. The number of Topliss-reactive ketones (excluding diaryl/α,β-unsaturated/α-hetero) is 1. The van der Waals surface area contributed by atoms with Crippen molar-refractivity contribution >= 4 is 22.5 Å². The summed E-state index contributed by atoms with van der Waals surface area (Å²) in [7, 11) is 0. The zero-order valence-electron chi connectivity index (χ0n) is 19.5. The van der Waals surface area contributed by atoms with Gasteiger partial charge in [-0.3, -0.25) is 9.59 Å². The van der Waals surface area contributed by atoms with Crippen molar-refractivity contribution in [2.24, 2.45) is 0 Å². The molecular formula is C30H24O5. The van der Waals surface area contributed by atoms with Gasteiger partial charge < -0.3 is 14.6 Å². The van der Waals surface area contributed by atoms with Crippen LogP contribution in [0.4, 0.5) is 0 Å². The number of aromatic hydroxyl groups is 1. The number of ether oxygens (including phenoxy) is 2. The number of ketones is 1. The number of phenols is 1. The Labute approximate surface area is 202 Å². The number of hydrogen-bond donors (Lipinski definition) is 1. The molecule has 0 saturated heterocycles. The molecule has 2 unspecified atom stereocenters. The van der Waals surface area contributed by atoms with Crippen molar-refractivity contribution in [3.05, 3.63) is 107 Å². The van der Waals surface area contributed by atoms with Crippen LogP contribution in [0.25, 0.3) is 10.8 Å². The number of aryl methyl sites for hydroxylation is 1. The van der Waals surface area contributed by atoms with Gasteiger partial charge in [-0.25, -0.2) is 0 Å². The minimum absolute atomic E-state index is 0.0345. The quantitative estimate of drug-likeness (QED) is 0.387. The lowest BCUT2D eigenvalue weighted by Gasteiger charge is -2.37. The van der Waals surface area contributed by atoms with E-state index in [9.17, 15) is 14.7 Å². The first-order chi connectivity index (χ1) is 16.9. The summed E-state index contributed by atoms with van der Waals surface area (Å²) in [6, 6.07) is 23.8. The van der Waals surface area contributed by atoms with E-state index in [0.717, 1.165) is 18.4 Å².